The lowest BCUT2D eigenvalue weighted by Crippen LogP contribution is -2.36. The monoisotopic (exact) mass is 281 g/mol. The molecule has 0 amide bonds. The second-order valence-corrected chi connectivity index (χ2v) is 5.81. The van der Waals surface area contributed by atoms with Crippen LogP contribution in [-0.4, -0.2) is 38.8 Å². The highest BCUT2D eigenvalue weighted by molar-refractivity contribution is 7.13. The average molecular weight is 281 g/mol. The lowest BCUT2D eigenvalue weighted by atomic mass is 10.2. The molecule has 1 N–H and O–H groups in total. The van der Waals surface area contributed by atoms with Crippen molar-refractivity contribution in [1.29, 1.82) is 0 Å². The SMILES string of the molecule is CC(O)CN(Cc1nc(-c2cccs2)no1)C(C)C. The summed E-state index contributed by atoms with van der Waals surface area (Å²) >= 11 is 1.59. The Morgan fingerprint density at radius 1 is 1.42 bits per heavy atom. The molecule has 0 fully saturated rings. The van der Waals surface area contributed by atoms with Crippen molar-refractivity contribution >= 4 is 11.3 Å². The summed E-state index contributed by atoms with van der Waals surface area (Å²) in [5, 5.41) is 15.5. The van der Waals surface area contributed by atoms with Crippen molar-refractivity contribution in [2.24, 2.45) is 0 Å². The summed E-state index contributed by atoms with van der Waals surface area (Å²) in [5.41, 5.74) is 0. The molecule has 0 aliphatic heterocycles. The molecule has 0 aliphatic carbocycles. The van der Waals surface area contributed by atoms with Crippen molar-refractivity contribution in [1.82, 2.24) is 15.0 Å². The van der Waals surface area contributed by atoms with Crippen molar-refractivity contribution in [2.75, 3.05) is 6.54 Å². The predicted octanol–water partition coefficient (Wildman–Crippen LogP) is 2.39. The Balaban J connectivity index is 2.06. The average Bonchev–Trinajstić information content (AvgIpc) is 2.97. The third kappa shape index (κ3) is 3.86. The van der Waals surface area contributed by atoms with Crippen LogP contribution in [0.4, 0.5) is 0 Å². The quantitative estimate of drug-likeness (QED) is 0.881. The fourth-order valence-corrected chi connectivity index (χ4v) is 2.45. The number of aliphatic hydroxyl groups excluding tert-OH is 1. The summed E-state index contributed by atoms with van der Waals surface area (Å²) in [6.45, 7) is 7.09. The van der Waals surface area contributed by atoms with E-state index in [2.05, 4.69) is 28.9 Å². The van der Waals surface area contributed by atoms with E-state index in [0.717, 1.165) is 4.88 Å². The van der Waals surface area contributed by atoms with Gasteiger partial charge in [-0.2, -0.15) is 4.98 Å². The molecule has 0 aromatic carbocycles. The molecular weight excluding hydrogens is 262 g/mol. The van der Waals surface area contributed by atoms with E-state index in [1.165, 1.54) is 0 Å². The van der Waals surface area contributed by atoms with Crippen LogP contribution >= 0.6 is 11.3 Å². The summed E-state index contributed by atoms with van der Waals surface area (Å²) in [4.78, 5) is 7.50. The van der Waals surface area contributed by atoms with Crippen molar-refractivity contribution in [2.45, 2.75) is 39.5 Å². The minimum Gasteiger partial charge on any atom is -0.392 e. The number of aliphatic hydroxyl groups is 1. The molecule has 2 rings (SSSR count). The van der Waals surface area contributed by atoms with E-state index >= 15 is 0 Å². The van der Waals surface area contributed by atoms with E-state index in [4.69, 9.17) is 4.52 Å². The zero-order chi connectivity index (χ0) is 13.8. The van der Waals surface area contributed by atoms with Gasteiger partial charge in [-0.05, 0) is 32.2 Å². The topological polar surface area (TPSA) is 62.4 Å². The Bertz CT molecular complexity index is 494. The van der Waals surface area contributed by atoms with Crippen molar-refractivity contribution in [3.63, 3.8) is 0 Å². The maximum absolute atomic E-state index is 9.50. The van der Waals surface area contributed by atoms with Gasteiger partial charge >= 0.3 is 0 Å². The first-order valence-corrected chi connectivity index (χ1v) is 7.23. The first-order chi connectivity index (χ1) is 9.06. The van der Waals surface area contributed by atoms with E-state index in [0.29, 0.717) is 30.8 Å². The fraction of sp³-hybridized carbons (Fsp3) is 0.538. The van der Waals surface area contributed by atoms with Gasteiger partial charge in [0.1, 0.15) is 0 Å². The minimum absolute atomic E-state index is 0.312. The largest absolute Gasteiger partial charge is 0.392 e. The molecule has 0 saturated carbocycles. The van der Waals surface area contributed by atoms with Crippen molar-refractivity contribution < 1.29 is 9.63 Å². The Morgan fingerprint density at radius 2 is 2.21 bits per heavy atom. The molecule has 19 heavy (non-hydrogen) atoms. The normalized spacial score (nSPS) is 13.4. The highest BCUT2D eigenvalue weighted by Gasteiger charge is 2.17. The molecule has 0 saturated heterocycles. The van der Waals surface area contributed by atoms with Gasteiger partial charge in [0.15, 0.2) is 0 Å². The van der Waals surface area contributed by atoms with Crippen LogP contribution < -0.4 is 0 Å². The van der Waals surface area contributed by atoms with Crippen molar-refractivity contribution in [3.8, 4) is 10.7 Å². The van der Waals surface area contributed by atoms with Gasteiger partial charge < -0.3 is 9.63 Å². The maximum atomic E-state index is 9.50. The smallest absolute Gasteiger partial charge is 0.241 e. The molecular formula is C13H19N3O2S. The molecule has 5 nitrogen and oxygen atoms in total. The molecule has 2 aromatic rings. The fourth-order valence-electron chi connectivity index (χ4n) is 1.80. The zero-order valence-corrected chi connectivity index (χ0v) is 12.2. The van der Waals surface area contributed by atoms with E-state index in [-0.39, 0.29) is 6.10 Å². The van der Waals surface area contributed by atoms with E-state index in [9.17, 15) is 5.11 Å². The summed E-state index contributed by atoms with van der Waals surface area (Å²) in [5.74, 6) is 1.21. The lowest BCUT2D eigenvalue weighted by molar-refractivity contribution is 0.0943. The Kier molecular flexibility index (Phi) is 4.68. The van der Waals surface area contributed by atoms with Crippen LogP contribution in [0.15, 0.2) is 22.0 Å². The van der Waals surface area contributed by atoms with Gasteiger partial charge in [-0.15, -0.1) is 11.3 Å². The number of thiophene rings is 1. The maximum Gasteiger partial charge on any atom is 0.241 e. The minimum atomic E-state index is -0.373. The third-order valence-electron chi connectivity index (χ3n) is 2.78. The summed E-state index contributed by atoms with van der Waals surface area (Å²) in [6.07, 6.45) is -0.373. The molecule has 104 valence electrons. The summed E-state index contributed by atoms with van der Waals surface area (Å²) in [6, 6.07) is 4.24. The van der Waals surface area contributed by atoms with Crippen LogP contribution in [-0.2, 0) is 6.54 Å². The van der Waals surface area contributed by atoms with Crippen LogP contribution in [0, 0.1) is 0 Å². The number of hydrogen-bond acceptors (Lipinski definition) is 6. The van der Waals surface area contributed by atoms with Gasteiger partial charge in [0.05, 0.1) is 17.5 Å². The molecule has 0 spiro atoms. The van der Waals surface area contributed by atoms with Crippen LogP contribution in [0.25, 0.3) is 10.7 Å². The van der Waals surface area contributed by atoms with Crippen molar-refractivity contribution in [3.05, 3.63) is 23.4 Å². The Morgan fingerprint density at radius 3 is 2.79 bits per heavy atom. The van der Waals surface area contributed by atoms with Gasteiger partial charge in [-0.25, -0.2) is 0 Å². The molecule has 2 heterocycles. The molecule has 1 atom stereocenters. The standard InChI is InChI=1S/C13H19N3O2S/c1-9(2)16(7-10(3)17)8-12-14-13(15-18-12)11-5-4-6-19-11/h4-6,9-10,17H,7-8H2,1-3H3. The third-order valence-corrected chi connectivity index (χ3v) is 3.64. The number of rotatable bonds is 6. The molecule has 1 unspecified atom stereocenters. The van der Waals surface area contributed by atoms with Gasteiger partial charge in [0, 0.05) is 12.6 Å². The zero-order valence-electron chi connectivity index (χ0n) is 11.4. The first kappa shape index (κ1) is 14.2. The molecule has 0 bridgehead atoms. The molecule has 0 radical (unpaired) electrons. The second-order valence-electron chi connectivity index (χ2n) is 4.86. The summed E-state index contributed by atoms with van der Waals surface area (Å²) in [7, 11) is 0. The van der Waals surface area contributed by atoms with Crippen LogP contribution in [0.1, 0.15) is 26.7 Å². The first-order valence-electron chi connectivity index (χ1n) is 6.35. The molecule has 2 aromatic heterocycles. The van der Waals surface area contributed by atoms with Crippen LogP contribution in [0.5, 0.6) is 0 Å². The number of aromatic nitrogens is 2. The van der Waals surface area contributed by atoms with Crippen LogP contribution in [0.3, 0.4) is 0 Å². The highest BCUT2D eigenvalue weighted by atomic mass is 32.1. The number of nitrogens with zero attached hydrogens (tertiary/aromatic N) is 3. The second kappa shape index (κ2) is 6.27. The molecule has 0 aliphatic rings. The Hall–Kier alpha value is -1.24. The van der Waals surface area contributed by atoms with E-state index < -0.39 is 0 Å². The van der Waals surface area contributed by atoms with E-state index in [1.807, 2.05) is 17.5 Å². The Labute approximate surface area is 116 Å². The van der Waals surface area contributed by atoms with Crippen LogP contribution in [0.2, 0.25) is 0 Å². The highest BCUT2D eigenvalue weighted by Crippen LogP contribution is 2.21. The van der Waals surface area contributed by atoms with Gasteiger partial charge in [0.2, 0.25) is 11.7 Å². The number of hydrogen-bond donors (Lipinski definition) is 1. The van der Waals surface area contributed by atoms with Gasteiger partial charge in [-0.3, -0.25) is 4.90 Å². The molecule has 6 heteroatoms. The van der Waals surface area contributed by atoms with Gasteiger partial charge in [0.25, 0.3) is 0 Å². The predicted molar refractivity (Wildman–Crippen MR) is 74.8 cm³/mol. The van der Waals surface area contributed by atoms with Gasteiger partial charge in [-0.1, -0.05) is 11.2 Å². The van der Waals surface area contributed by atoms with E-state index in [1.54, 1.807) is 18.3 Å². The lowest BCUT2D eigenvalue weighted by Gasteiger charge is -2.25. The summed E-state index contributed by atoms with van der Waals surface area (Å²) < 4.78 is 5.27.